The summed E-state index contributed by atoms with van der Waals surface area (Å²) in [7, 11) is 4.06. The van der Waals surface area contributed by atoms with Crippen LogP contribution in [0.4, 0.5) is 11.4 Å². The minimum atomic E-state index is 0.773. The second-order valence-electron chi connectivity index (χ2n) is 5.14. The van der Waals surface area contributed by atoms with Gasteiger partial charge in [-0.3, -0.25) is 0 Å². The fourth-order valence-electron chi connectivity index (χ4n) is 2.36. The highest BCUT2D eigenvalue weighted by atomic mass is 35.5. The zero-order chi connectivity index (χ0) is 14.8. The average Bonchev–Trinajstić information content (AvgIpc) is 2.46. The molecule has 0 saturated heterocycles. The van der Waals surface area contributed by atoms with Crippen molar-refractivity contribution in [2.24, 2.45) is 0 Å². The summed E-state index contributed by atoms with van der Waals surface area (Å²) in [6, 6.07) is 14.6. The van der Waals surface area contributed by atoms with Crippen LogP contribution in [-0.2, 0) is 0 Å². The highest BCUT2D eigenvalue weighted by Crippen LogP contribution is 2.48. The lowest BCUT2D eigenvalue weighted by Gasteiger charge is -2.32. The fraction of sp³-hybridized carbons (Fsp3) is 0.176. The standard InChI is InChI=1S/C17H17ClN2S/c1-19(2)10-5-11-20-14-6-3-4-7-16(14)21-17-9-8-13(18)12-15(17)20/h3-10,12H,11H2,1-2H3. The van der Waals surface area contributed by atoms with Gasteiger partial charge in [-0.25, -0.2) is 0 Å². The van der Waals surface area contributed by atoms with Crippen LogP contribution >= 0.6 is 23.4 Å². The van der Waals surface area contributed by atoms with E-state index in [9.17, 15) is 0 Å². The molecule has 0 saturated carbocycles. The Labute approximate surface area is 135 Å². The van der Waals surface area contributed by atoms with Crippen molar-refractivity contribution in [3.8, 4) is 0 Å². The molecule has 0 radical (unpaired) electrons. The molecule has 0 aromatic heterocycles. The van der Waals surface area contributed by atoms with Crippen molar-refractivity contribution in [2.75, 3.05) is 25.5 Å². The molecule has 108 valence electrons. The third-order valence-corrected chi connectivity index (χ3v) is 4.64. The Kier molecular flexibility index (Phi) is 4.13. The smallest absolute Gasteiger partial charge is 0.0570 e. The second-order valence-corrected chi connectivity index (χ2v) is 6.66. The number of halogens is 1. The van der Waals surface area contributed by atoms with Crippen LogP contribution in [0.25, 0.3) is 0 Å². The van der Waals surface area contributed by atoms with E-state index in [2.05, 4.69) is 47.5 Å². The molecule has 0 amide bonds. The van der Waals surface area contributed by atoms with Gasteiger partial charge in [0.2, 0.25) is 0 Å². The number of nitrogens with zero attached hydrogens (tertiary/aromatic N) is 2. The molecule has 2 aromatic carbocycles. The van der Waals surface area contributed by atoms with Gasteiger partial charge < -0.3 is 9.80 Å². The maximum absolute atomic E-state index is 6.19. The summed E-state index contributed by atoms with van der Waals surface area (Å²) in [6.07, 6.45) is 4.24. The predicted octanol–water partition coefficient (Wildman–Crippen LogP) is 5.02. The lowest BCUT2D eigenvalue weighted by molar-refractivity contribution is 0.562. The topological polar surface area (TPSA) is 6.48 Å². The molecule has 0 fully saturated rings. The van der Waals surface area contributed by atoms with Gasteiger partial charge in [0.1, 0.15) is 0 Å². The Morgan fingerprint density at radius 2 is 1.86 bits per heavy atom. The SMILES string of the molecule is CN(C)C=CCN1c2ccccc2Sc2ccc(Cl)cc21. The second kappa shape index (κ2) is 6.04. The summed E-state index contributed by atoms with van der Waals surface area (Å²) in [5.74, 6) is 0. The van der Waals surface area contributed by atoms with Crippen LogP contribution in [0.3, 0.4) is 0 Å². The molecule has 1 aliphatic rings. The lowest BCUT2D eigenvalue weighted by atomic mass is 10.2. The van der Waals surface area contributed by atoms with Crippen molar-refractivity contribution in [3.63, 3.8) is 0 Å². The van der Waals surface area contributed by atoms with Crippen LogP contribution in [0.15, 0.2) is 64.5 Å². The summed E-state index contributed by atoms with van der Waals surface area (Å²) in [4.78, 5) is 6.89. The maximum atomic E-state index is 6.19. The Balaban J connectivity index is 2.02. The number of para-hydroxylation sites is 1. The first kappa shape index (κ1) is 14.4. The van der Waals surface area contributed by atoms with E-state index in [0.717, 1.165) is 11.6 Å². The Hall–Kier alpha value is -1.58. The van der Waals surface area contributed by atoms with Crippen LogP contribution in [0.2, 0.25) is 5.02 Å². The van der Waals surface area contributed by atoms with Crippen molar-refractivity contribution in [1.29, 1.82) is 0 Å². The maximum Gasteiger partial charge on any atom is 0.0570 e. The summed E-state index contributed by atoms with van der Waals surface area (Å²) >= 11 is 7.99. The van der Waals surface area contributed by atoms with Gasteiger partial charge in [0.05, 0.1) is 11.4 Å². The number of fused-ring (bicyclic) bond motifs is 2. The average molecular weight is 317 g/mol. The van der Waals surface area contributed by atoms with Crippen LogP contribution < -0.4 is 4.90 Å². The van der Waals surface area contributed by atoms with E-state index in [0.29, 0.717) is 0 Å². The third kappa shape index (κ3) is 3.04. The Morgan fingerprint density at radius 3 is 2.67 bits per heavy atom. The number of hydrogen-bond acceptors (Lipinski definition) is 3. The number of rotatable bonds is 3. The van der Waals surface area contributed by atoms with Gasteiger partial charge in [-0.15, -0.1) is 0 Å². The molecule has 0 aliphatic carbocycles. The number of anilines is 2. The first-order chi connectivity index (χ1) is 10.1. The molecule has 21 heavy (non-hydrogen) atoms. The number of hydrogen-bond donors (Lipinski definition) is 0. The van der Waals surface area contributed by atoms with Gasteiger partial charge >= 0.3 is 0 Å². The van der Waals surface area contributed by atoms with E-state index in [1.54, 1.807) is 11.8 Å². The zero-order valence-corrected chi connectivity index (χ0v) is 13.7. The van der Waals surface area contributed by atoms with Gasteiger partial charge in [0.25, 0.3) is 0 Å². The van der Waals surface area contributed by atoms with E-state index >= 15 is 0 Å². The molecule has 4 heteroatoms. The van der Waals surface area contributed by atoms with Gasteiger partial charge in [0.15, 0.2) is 0 Å². The Morgan fingerprint density at radius 1 is 1.10 bits per heavy atom. The third-order valence-electron chi connectivity index (χ3n) is 3.28. The van der Waals surface area contributed by atoms with Crippen molar-refractivity contribution in [2.45, 2.75) is 9.79 Å². The van der Waals surface area contributed by atoms with E-state index in [1.807, 2.05) is 31.1 Å². The van der Waals surface area contributed by atoms with Gasteiger partial charge in [-0.05, 0) is 42.6 Å². The minimum absolute atomic E-state index is 0.773. The zero-order valence-electron chi connectivity index (χ0n) is 12.1. The summed E-state index contributed by atoms with van der Waals surface area (Å²) in [6.45, 7) is 0.823. The fourth-order valence-corrected chi connectivity index (χ4v) is 3.60. The van der Waals surface area contributed by atoms with E-state index in [1.165, 1.54) is 21.2 Å². The van der Waals surface area contributed by atoms with Crippen LogP contribution in [0, 0.1) is 0 Å². The molecule has 1 aliphatic heterocycles. The first-order valence-corrected chi connectivity index (χ1v) is 8.01. The molecule has 0 N–H and O–H groups in total. The quantitative estimate of drug-likeness (QED) is 0.785. The van der Waals surface area contributed by atoms with Crippen molar-refractivity contribution < 1.29 is 0 Å². The molecular formula is C17H17ClN2S. The molecule has 0 spiro atoms. The van der Waals surface area contributed by atoms with Crippen molar-refractivity contribution in [3.05, 3.63) is 59.8 Å². The van der Waals surface area contributed by atoms with Crippen LogP contribution in [0.1, 0.15) is 0 Å². The van der Waals surface area contributed by atoms with Crippen molar-refractivity contribution in [1.82, 2.24) is 4.90 Å². The van der Waals surface area contributed by atoms with E-state index in [-0.39, 0.29) is 0 Å². The Bertz CT molecular complexity index is 682. The largest absolute Gasteiger partial charge is 0.384 e. The molecule has 2 nitrogen and oxygen atoms in total. The van der Waals surface area contributed by atoms with Gasteiger partial charge in [-0.1, -0.05) is 35.5 Å². The van der Waals surface area contributed by atoms with Gasteiger partial charge in [0, 0.05) is 35.5 Å². The van der Waals surface area contributed by atoms with E-state index in [4.69, 9.17) is 11.6 Å². The molecule has 0 atom stereocenters. The monoisotopic (exact) mass is 316 g/mol. The molecule has 2 aromatic rings. The summed E-state index contributed by atoms with van der Waals surface area (Å²) in [5.41, 5.74) is 2.41. The highest BCUT2D eigenvalue weighted by Gasteiger charge is 2.22. The first-order valence-electron chi connectivity index (χ1n) is 6.82. The predicted molar refractivity (Wildman–Crippen MR) is 91.9 cm³/mol. The number of benzene rings is 2. The van der Waals surface area contributed by atoms with Crippen molar-refractivity contribution >= 4 is 34.7 Å². The minimum Gasteiger partial charge on any atom is -0.384 e. The van der Waals surface area contributed by atoms with Crippen LogP contribution in [0.5, 0.6) is 0 Å². The lowest BCUT2D eigenvalue weighted by Crippen LogP contribution is -2.21. The molecule has 0 bridgehead atoms. The van der Waals surface area contributed by atoms with E-state index < -0.39 is 0 Å². The molecular weight excluding hydrogens is 300 g/mol. The highest BCUT2D eigenvalue weighted by molar-refractivity contribution is 7.99. The van der Waals surface area contributed by atoms with Crippen LogP contribution in [-0.4, -0.2) is 25.5 Å². The summed E-state index contributed by atoms with van der Waals surface area (Å²) < 4.78 is 0. The molecule has 0 unspecified atom stereocenters. The molecule has 3 rings (SSSR count). The van der Waals surface area contributed by atoms with Gasteiger partial charge in [-0.2, -0.15) is 0 Å². The summed E-state index contributed by atoms with van der Waals surface area (Å²) in [5, 5.41) is 0.773. The normalized spacial score (nSPS) is 13.2. The molecule has 1 heterocycles.